The number of rotatable bonds is 10. The van der Waals surface area contributed by atoms with Crippen LogP contribution in [0.5, 0.6) is 5.75 Å². The number of anilines is 1. The van der Waals surface area contributed by atoms with E-state index in [4.69, 9.17) is 33.0 Å². The lowest BCUT2D eigenvalue weighted by Crippen LogP contribution is -2.43. The van der Waals surface area contributed by atoms with Gasteiger partial charge in [0.15, 0.2) is 0 Å². The second-order valence-corrected chi connectivity index (χ2v) is 16.0. The molecular formula is C45H44Cl2N6O4. The van der Waals surface area contributed by atoms with Crippen molar-refractivity contribution < 1.29 is 19.4 Å². The Kier molecular flexibility index (Phi) is 9.90. The fraction of sp³-hybridized carbons (Fsp3) is 0.289. The van der Waals surface area contributed by atoms with Gasteiger partial charge in [0.05, 0.1) is 51.8 Å². The Labute approximate surface area is 341 Å². The molecule has 0 saturated heterocycles. The average Bonchev–Trinajstić information content (AvgIpc) is 3.79. The molecule has 7 aromatic rings. The molecule has 1 amide bonds. The molecule has 1 unspecified atom stereocenters. The van der Waals surface area contributed by atoms with Crippen LogP contribution in [0.3, 0.4) is 0 Å². The van der Waals surface area contributed by atoms with E-state index in [-0.39, 0.29) is 17.5 Å². The van der Waals surface area contributed by atoms with Crippen LogP contribution < -0.4 is 9.64 Å². The second kappa shape index (κ2) is 14.7. The van der Waals surface area contributed by atoms with E-state index in [1.807, 2.05) is 104 Å². The molecule has 12 heteroatoms. The normalized spacial score (nSPS) is 14.2. The third kappa shape index (κ3) is 6.54. The number of aromatic carboxylic acids is 1. The first-order chi connectivity index (χ1) is 27.2. The van der Waals surface area contributed by atoms with Crippen LogP contribution in [0, 0.1) is 34.6 Å². The maximum absolute atomic E-state index is 15.4. The van der Waals surface area contributed by atoms with Gasteiger partial charge in [0.25, 0.3) is 5.91 Å². The molecule has 8 rings (SSSR count). The number of ether oxygens (including phenoxy) is 1. The largest absolute Gasteiger partial charge is 0.494 e. The van der Waals surface area contributed by atoms with Gasteiger partial charge < -0.3 is 23.9 Å². The summed E-state index contributed by atoms with van der Waals surface area (Å²) in [5.74, 6) is -0.453. The van der Waals surface area contributed by atoms with E-state index >= 15 is 4.79 Å². The van der Waals surface area contributed by atoms with Crippen LogP contribution in [-0.4, -0.2) is 54.0 Å². The van der Waals surface area contributed by atoms with Crippen LogP contribution in [0.2, 0.25) is 10.0 Å². The number of pyridine rings is 1. The molecule has 1 N–H and O–H groups in total. The number of carboxylic acid groups (broad SMARTS) is 1. The highest BCUT2D eigenvalue weighted by atomic mass is 35.5. The van der Waals surface area contributed by atoms with E-state index in [1.165, 1.54) is 0 Å². The molecule has 4 aromatic heterocycles. The molecule has 1 aliphatic rings. The number of aryl methyl sites for hydroxylation is 6. The number of carboxylic acids is 1. The van der Waals surface area contributed by atoms with Gasteiger partial charge in [-0.05, 0) is 113 Å². The van der Waals surface area contributed by atoms with Crippen molar-refractivity contribution in [1.82, 2.24) is 23.9 Å². The number of halogens is 2. The zero-order chi connectivity index (χ0) is 40.4. The molecule has 3 aromatic carbocycles. The van der Waals surface area contributed by atoms with Gasteiger partial charge in [-0.1, -0.05) is 41.4 Å². The highest BCUT2D eigenvalue weighted by molar-refractivity contribution is 6.35. The summed E-state index contributed by atoms with van der Waals surface area (Å²) in [5.41, 5.74) is 11.2. The summed E-state index contributed by atoms with van der Waals surface area (Å²) >= 11 is 13.6. The number of hydrogen-bond acceptors (Lipinski definition) is 5. The summed E-state index contributed by atoms with van der Waals surface area (Å²) in [6.07, 6.45) is 4.60. The van der Waals surface area contributed by atoms with E-state index in [0.717, 1.165) is 72.1 Å². The van der Waals surface area contributed by atoms with Crippen molar-refractivity contribution in [1.29, 1.82) is 0 Å². The quantitative estimate of drug-likeness (QED) is 0.138. The monoisotopic (exact) mass is 802 g/mol. The maximum Gasteiger partial charge on any atom is 0.337 e. The topological polar surface area (TPSA) is 107 Å². The third-order valence-electron chi connectivity index (χ3n) is 11.3. The van der Waals surface area contributed by atoms with Crippen molar-refractivity contribution in [3.05, 3.63) is 128 Å². The summed E-state index contributed by atoms with van der Waals surface area (Å²) in [4.78, 5) is 34.3. The predicted octanol–water partition coefficient (Wildman–Crippen LogP) is 10.2. The summed E-state index contributed by atoms with van der Waals surface area (Å²) in [5, 5.41) is 17.9. The molecule has 1 aliphatic heterocycles. The highest BCUT2D eigenvalue weighted by Crippen LogP contribution is 2.46. The van der Waals surface area contributed by atoms with Gasteiger partial charge in [0, 0.05) is 64.6 Å². The highest BCUT2D eigenvalue weighted by Gasteiger charge is 2.38. The fourth-order valence-corrected chi connectivity index (χ4v) is 9.01. The Morgan fingerprint density at radius 3 is 2.40 bits per heavy atom. The summed E-state index contributed by atoms with van der Waals surface area (Å²) in [7, 11) is 1.92. The number of nitrogens with zero attached hydrogens (tertiary/aromatic N) is 6. The first kappa shape index (κ1) is 38.3. The zero-order valence-corrected chi connectivity index (χ0v) is 34.6. The number of carbonyl (C=O) groups excluding carboxylic acids is 1. The van der Waals surface area contributed by atoms with Crippen molar-refractivity contribution in [3.63, 3.8) is 0 Å². The van der Waals surface area contributed by atoms with Crippen LogP contribution in [0.25, 0.3) is 32.9 Å². The molecular weight excluding hydrogens is 759 g/mol. The minimum atomic E-state index is -1.04. The minimum absolute atomic E-state index is 0.166. The first-order valence-corrected chi connectivity index (χ1v) is 19.8. The summed E-state index contributed by atoms with van der Waals surface area (Å²) in [6, 6.07) is 17.1. The standard InChI is InChI=1S/C45H44Cl2N6O4/c1-24-15-16-48-30(18-24)22-51-23-35(45(55)56)33-10-8-12-37(41(33)51)52-21-27(4)53-42-34(13-14-36(46)39(42)38-28(5)49-50(7)29(38)6)32(43(53)44(52)54)11-9-17-57-31-19-25(2)40(47)26(3)20-31/h8,10,12-16,18-20,23,27H,9,11,17,21-22H2,1-7H3,(H,55,56). The summed E-state index contributed by atoms with van der Waals surface area (Å²) < 4.78 is 12.2. The van der Waals surface area contributed by atoms with E-state index in [1.54, 1.807) is 18.5 Å². The number of hydrogen-bond donors (Lipinski definition) is 1. The van der Waals surface area contributed by atoms with Crippen molar-refractivity contribution in [2.24, 2.45) is 7.05 Å². The Bertz CT molecular complexity index is 2760. The van der Waals surface area contributed by atoms with Gasteiger partial charge in [-0.15, -0.1) is 0 Å². The number of fused-ring (bicyclic) bond motifs is 4. The Morgan fingerprint density at radius 2 is 1.72 bits per heavy atom. The Hall–Kier alpha value is -5.58. The van der Waals surface area contributed by atoms with Crippen molar-refractivity contribution >= 4 is 62.6 Å². The Morgan fingerprint density at radius 1 is 0.965 bits per heavy atom. The number of aromatic nitrogens is 5. The van der Waals surface area contributed by atoms with E-state index < -0.39 is 5.97 Å². The number of carbonyl (C=O) groups is 2. The number of para-hydroxylation sites is 1. The van der Waals surface area contributed by atoms with Gasteiger partial charge in [-0.25, -0.2) is 4.79 Å². The second-order valence-electron chi connectivity index (χ2n) is 15.2. The minimum Gasteiger partial charge on any atom is -0.494 e. The van der Waals surface area contributed by atoms with Gasteiger partial charge in [-0.2, -0.15) is 5.10 Å². The molecule has 57 heavy (non-hydrogen) atoms. The van der Waals surface area contributed by atoms with E-state index in [9.17, 15) is 9.90 Å². The molecule has 0 bridgehead atoms. The first-order valence-electron chi connectivity index (χ1n) is 19.1. The molecule has 10 nitrogen and oxygen atoms in total. The van der Waals surface area contributed by atoms with Crippen LogP contribution >= 0.6 is 23.2 Å². The van der Waals surface area contributed by atoms with Crippen molar-refractivity contribution in [2.45, 2.75) is 67.0 Å². The van der Waals surface area contributed by atoms with Crippen molar-refractivity contribution in [2.75, 3.05) is 18.1 Å². The molecule has 1 atom stereocenters. The van der Waals surface area contributed by atoms with Crippen LogP contribution in [0.15, 0.2) is 67.0 Å². The lowest BCUT2D eigenvalue weighted by molar-refractivity contribution is 0.0698. The number of amides is 1. The zero-order valence-electron chi connectivity index (χ0n) is 33.1. The van der Waals surface area contributed by atoms with Crippen LogP contribution in [0.4, 0.5) is 5.69 Å². The molecule has 292 valence electrons. The maximum atomic E-state index is 15.4. The molecule has 0 saturated carbocycles. The smallest absolute Gasteiger partial charge is 0.337 e. The van der Waals surface area contributed by atoms with Crippen molar-refractivity contribution in [3.8, 4) is 16.9 Å². The average molecular weight is 804 g/mol. The van der Waals surface area contributed by atoms with E-state index in [2.05, 4.69) is 16.5 Å². The fourth-order valence-electron chi connectivity index (χ4n) is 8.65. The van der Waals surface area contributed by atoms with Crippen LogP contribution in [-0.2, 0) is 20.0 Å². The van der Waals surface area contributed by atoms with Gasteiger partial charge in [-0.3, -0.25) is 14.5 Å². The molecule has 0 spiro atoms. The third-order valence-corrected chi connectivity index (χ3v) is 12.2. The Balaban J connectivity index is 1.28. The molecule has 0 fully saturated rings. The molecule has 5 heterocycles. The van der Waals surface area contributed by atoms with E-state index in [0.29, 0.717) is 59.8 Å². The number of benzene rings is 3. The van der Waals surface area contributed by atoms with Gasteiger partial charge in [0.2, 0.25) is 0 Å². The van der Waals surface area contributed by atoms with Gasteiger partial charge >= 0.3 is 5.97 Å². The van der Waals surface area contributed by atoms with Gasteiger partial charge in [0.1, 0.15) is 11.4 Å². The molecule has 0 radical (unpaired) electrons. The predicted molar refractivity (Wildman–Crippen MR) is 227 cm³/mol. The lowest BCUT2D eigenvalue weighted by atomic mass is 9.98. The lowest BCUT2D eigenvalue weighted by Gasteiger charge is -2.35. The molecule has 0 aliphatic carbocycles. The SMILES string of the molecule is Cc1ccnc(Cn2cc(C(=O)O)c3cccc(N4CC(C)n5c(c(CCCOc6cc(C)c(Cl)c(C)c6)c6ccc(Cl)c(-c7c(C)nn(C)c7C)c65)C4=O)c32)c1. The van der Waals surface area contributed by atoms with Crippen LogP contribution in [0.1, 0.15) is 79.6 Å². The summed E-state index contributed by atoms with van der Waals surface area (Å²) in [6.45, 7) is 13.2.